The van der Waals surface area contributed by atoms with E-state index in [0.717, 1.165) is 5.56 Å². The van der Waals surface area contributed by atoms with Gasteiger partial charge in [-0.2, -0.15) is 0 Å². The average molecular weight is 444 g/mol. The molecular formula is C22H19ClFN3O2S. The van der Waals surface area contributed by atoms with Crippen LogP contribution in [-0.2, 0) is 0 Å². The van der Waals surface area contributed by atoms with Gasteiger partial charge in [-0.15, -0.1) is 11.3 Å². The van der Waals surface area contributed by atoms with Gasteiger partial charge in [0.1, 0.15) is 15.7 Å². The number of benzene rings is 2. The quantitative estimate of drug-likeness (QED) is 0.545. The summed E-state index contributed by atoms with van der Waals surface area (Å²) >= 11 is 7.54. The van der Waals surface area contributed by atoms with Gasteiger partial charge in [-0.25, -0.2) is 9.37 Å². The van der Waals surface area contributed by atoms with Gasteiger partial charge in [0.25, 0.3) is 5.91 Å². The highest BCUT2D eigenvalue weighted by atomic mass is 35.5. The Balaban J connectivity index is 1.43. The van der Waals surface area contributed by atoms with Crippen LogP contribution in [0.15, 0.2) is 48.7 Å². The fourth-order valence-corrected chi connectivity index (χ4v) is 4.63. The number of aromatic nitrogens is 1. The summed E-state index contributed by atoms with van der Waals surface area (Å²) < 4.78 is 14.4. The molecule has 0 atom stereocenters. The van der Waals surface area contributed by atoms with Crippen molar-refractivity contribution >= 4 is 40.3 Å². The minimum absolute atomic E-state index is 0.0853. The summed E-state index contributed by atoms with van der Waals surface area (Å²) in [5, 5.41) is 1.30. The highest BCUT2D eigenvalue weighted by Gasteiger charge is 2.25. The topological polar surface area (TPSA) is 53.5 Å². The van der Waals surface area contributed by atoms with Crippen LogP contribution in [0.4, 0.5) is 10.1 Å². The summed E-state index contributed by atoms with van der Waals surface area (Å²) in [6.45, 7) is 3.39. The van der Waals surface area contributed by atoms with Crippen LogP contribution in [0.5, 0.6) is 0 Å². The predicted octanol–water partition coefficient (Wildman–Crippen LogP) is 4.77. The number of halogens is 2. The van der Waals surface area contributed by atoms with E-state index in [1.165, 1.54) is 24.3 Å². The minimum Gasteiger partial charge on any atom is -0.366 e. The predicted molar refractivity (Wildman–Crippen MR) is 117 cm³/mol. The van der Waals surface area contributed by atoms with Crippen molar-refractivity contribution in [3.05, 3.63) is 69.9 Å². The molecule has 30 heavy (non-hydrogen) atoms. The highest BCUT2D eigenvalue weighted by molar-refractivity contribution is 7.17. The number of thiazole rings is 1. The maximum Gasteiger partial charge on any atom is 0.265 e. The number of ketones is 1. The van der Waals surface area contributed by atoms with Gasteiger partial charge in [0.15, 0.2) is 5.78 Å². The summed E-state index contributed by atoms with van der Waals surface area (Å²) in [7, 11) is 0. The largest absolute Gasteiger partial charge is 0.366 e. The van der Waals surface area contributed by atoms with Gasteiger partial charge in [-0.3, -0.25) is 9.59 Å². The second kappa shape index (κ2) is 8.53. The molecule has 1 amide bonds. The second-order valence-corrected chi connectivity index (χ2v) is 8.45. The summed E-state index contributed by atoms with van der Waals surface area (Å²) in [5.41, 5.74) is 1.60. The first-order chi connectivity index (χ1) is 14.4. The van der Waals surface area contributed by atoms with Crippen LogP contribution < -0.4 is 4.90 Å². The molecule has 8 heteroatoms. The van der Waals surface area contributed by atoms with Crippen molar-refractivity contribution in [1.29, 1.82) is 0 Å². The number of nitrogens with zero attached hydrogens (tertiary/aromatic N) is 3. The van der Waals surface area contributed by atoms with E-state index in [1.54, 1.807) is 29.3 Å². The molecule has 1 aliphatic rings. The monoisotopic (exact) mass is 443 g/mol. The van der Waals surface area contributed by atoms with Crippen LogP contribution in [-0.4, -0.2) is 47.8 Å². The fourth-order valence-electron chi connectivity index (χ4n) is 3.42. The lowest BCUT2D eigenvalue weighted by Gasteiger charge is -2.36. The highest BCUT2D eigenvalue weighted by Crippen LogP contribution is 2.31. The van der Waals surface area contributed by atoms with Gasteiger partial charge >= 0.3 is 0 Å². The molecule has 0 N–H and O–H groups in total. The molecule has 0 spiro atoms. The normalized spacial score (nSPS) is 14.1. The summed E-state index contributed by atoms with van der Waals surface area (Å²) in [4.78, 5) is 32.9. The van der Waals surface area contributed by atoms with Crippen molar-refractivity contribution in [1.82, 2.24) is 9.88 Å². The molecule has 0 unspecified atom stereocenters. The fraction of sp³-hybridized carbons (Fsp3) is 0.227. The third kappa shape index (κ3) is 4.08. The van der Waals surface area contributed by atoms with Gasteiger partial charge in [0.2, 0.25) is 0 Å². The molecule has 1 fully saturated rings. The Kier molecular flexibility index (Phi) is 5.83. The minimum atomic E-state index is -0.422. The first-order valence-electron chi connectivity index (χ1n) is 9.49. The lowest BCUT2D eigenvalue weighted by atomic mass is 10.1. The number of piperazine rings is 1. The average Bonchev–Trinajstić information content (AvgIpc) is 3.23. The maximum atomic E-state index is 14.4. The van der Waals surface area contributed by atoms with Gasteiger partial charge in [-0.05, 0) is 31.2 Å². The molecule has 2 heterocycles. The number of amides is 1. The Hall–Kier alpha value is -2.77. The lowest BCUT2D eigenvalue weighted by molar-refractivity contribution is 0.0751. The molecule has 0 aliphatic carbocycles. The Morgan fingerprint density at radius 1 is 1.10 bits per heavy atom. The molecule has 0 bridgehead atoms. The Bertz CT molecular complexity index is 1110. The van der Waals surface area contributed by atoms with E-state index in [1.807, 2.05) is 23.1 Å². The van der Waals surface area contributed by atoms with E-state index >= 15 is 0 Å². The standard InChI is InChI=1S/C22H19ClFN3O2S/c1-14(28)15-6-7-19(18(24)12-15)26-8-10-27(11-9-26)22(29)20-13-25-21(30-20)16-4-2-3-5-17(16)23/h2-7,12-13H,8-11H2,1H3. The third-order valence-corrected chi connectivity index (χ3v) is 6.43. The van der Waals surface area contributed by atoms with Crippen LogP contribution in [0, 0.1) is 5.82 Å². The molecule has 0 saturated carbocycles. The first-order valence-corrected chi connectivity index (χ1v) is 10.7. The molecule has 5 nitrogen and oxygen atoms in total. The van der Waals surface area contributed by atoms with E-state index in [0.29, 0.717) is 52.3 Å². The molecule has 0 radical (unpaired) electrons. The molecule has 2 aromatic carbocycles. The SMILES string of the molecule is CC(=O)c1ccc(N2CCN(C(=O)c3cnc(-c4ccccc4Cl)s3)CC2)c(F)c1. The lowest BCUT2D eigenvalue weighted by Crippen LogP contribution is -2.48. The van der Waals surface area contributed by atoms with Crippen molar-refractivity contribution < 1.29 is 14.0 Å². The zero-order valence-electron chi connectivity index (χ0n) is 16.3. The van der Waals surface area contributed by atoms with Crippen LogP contribution in [0.1, 0.15) is 27.0 Å². The molecule has 1 aliphatic heterocycles. The smallest absolute Gasteiger partial charge is 0.265 e. The number of anilines is 1. The Morgan fingerprint density at radius 3 is 2.50 bits per heavy atom. The molecule has 4 rings (SSSR count). The number of rotatable bonds is 4. The zero-order chi connectivity index (χ0) is 21.3. The maximum absolute atomic E-state index is 14.4. The van der Waals surface area contributed by atoms with Crippen molar-refractivity contribution in [2.45, 2.75) is 6.92 Å². The van der Waals surface area contributed by atoms with Crippen molar-refractivity contribution in [3.63, 3.8) is 0 Å². The van der Waals surface area contributed by atoms with E-state index in [-0.39, 0.29) is 11.7 Å². The zero-order valence-corrected chi connectivity index (χ0v) is 17.8. The van der Waals surface area contributed by atoms with Crippen molar-refractivity contribution in [2.75, 3.05) is 31.1 Å². The van der Waals surface area contributed by atoms with Crippen molar-refractivity contribution in [3.8, 4) is 10.6 Å². The van der Waals surface area contributed by atoms with Crippen LogP contribution >= 0.6 is 22.9 Å². The first kappa shape index (κ1) is 20.5. The summed E-state index contributed by atoms with van der Waals surface area (Å²) in [5.74, 6) is -0.677. The number of hydrogen-bond acceptors (Lipinski definition) is 5. The van der Waals surface area contributed by atoms with Gasteiger partial charge in [-0.1, -0.05) is 29.8 Å². The molecule has 1 saturated heterocycles. The van der Waals surface area contributed by atoms with Gasteiger partial charge < -0.3 is 9.80 Å². The molecular weight excluding hydrogens is 425 g/mol. The van der Waals surface area contributed by atoms with E-state index in [4.69, 9.17) is 11.6 Å². The van der Waals surface area contributed by atoms with E-state index in [2.05, 4.69) is 4.98 Å². The molecule has 3 aromatic rings. The summed E-state index contributed by atoms with van der Waals surface area (Å²) in [6, 6.07) is 11.9. The second-order valence-electron chi connectivity index (χ2n) is 7.01. The number of carbonyl (C=O) groups is 2. The molecule has 1 aromatic heterocycles. The van der Waals surface area contributed by atoms with E-state index < -0.39 is 5.82 Å². The Morgan fingerprint density at radius 2 is 1.83 bits per heavy atom. The van der Waals surface area contributed by atoms with Crippen LogP contribution in [0.3, 0.4) is 0 Å². The number of carbonyl (C=O) groups excluding carboxylic acids is 2. The Labute approximate surface area is 182 Å². The van der Waals surface area contributed by atoms with Crippen molar-refractivity contribution in [2.24, 2.45) is 0 Å². The number of Topliss-reactive ketones (excluding diaryl/α,β-unsaturated/α-hetero) is 1. The third-order valence-electron chi connectivity index (χ3n) is 5.08. The number of hydrogen-bond donors (Lipinski definition) is 0. The van der Waals surface area contributed by atoms with Crippen LogP contribution in [0.25, 0.3) is 10.6 Å². The van der Waals surface area contributed by atoms with E-state index in [9.17, 15) is 14.0 Å². The van der Waals surface area contributed by atoms with Crippen LogP contribution in [0.2, 0.25) is 5.02 Å². The summed E-state index contributed by atoms with van der Waals surface area (Å²) in [6.07, 6.45) is 1.58. The molecule has 154 valence electrons. The van der Waals surface area contributed by atoms with Gasteiger partial charge in [0.05, 0.1) is 16.9 Å². The van der Waals surface area contributed by atoms with Gasteiger partial charge in [0, 0.05) is 37.3 Å².